The van der Waals surface area contributed by atoms with Crippen LogP contribution < -0.4 is 16.5 Å². The maximum absolute atomic E-state index is 15.0. The third kappa shape index (κ3) is 3.87. The van der Waals surface area contributed by atoms with Crippen LogP contribution in [0.5, 0.6) is 0 Å². The van der Waals surface area contributed by atoms with Gasteiger partial charge in [0.05, 0.1) is 29.0 Å². The van der Waals surface area contributed by atoms with E-state index in [1.54, 1.807) is 21.5 Å². The molecule has 11 heteroatoms. The highest BCUT2D eigenvalue weighted by atomic mass is 19.2. The SMILES string of the molecule is C=CC(=O)N1C[C@@H](N2NC(C#Cc3cc4ncn(C5CC5)c4c(F)c3F)C(C(N)=O)=C2NC)C[C@@H]1C. The molecule has 5 rings (SSSR count). The van der Waals surface area contributed by atoms with E-state index in [4.69, 9.17) is 5.73 Å². The third-order valence-corrected chi connectivity index (χ3v) is 6.96. The number of hydrogen-bond acceptors (Lipinski definition) is 6. The minimum absolute atomic E-state index is 0.0400. The topological polar surface area (TPSA) is 109 Å². The quantitative estimate of drug-likeness (QED) is 0.426. The Labute approximate surface area is 207 Å². The molecule has 9 nitrogen and oxygen atoms in total. The van der Waals surface area contributed by atoms with E-state index < -0.39 is 23.6 Å². The zero-order valence-electron chi connectivity index (χ0n) is 20.0. The molecule has 1 saturated heterocycles. The second-order valence-corrected chi connectivity index (χ2v) is 9.31. The predicted molar refractivity (Wildman–Crippen MR) is 129 cm³/mol. The van der Waals surface area contributed by atoms with Gasteiger partial charge in [-0.1, -0.05) is 18.4 Å². The Balaban J connectivity index is 1.46. The number of halogens is 2. The van der Waals surface area contributed by atoms with Gasteiger partial charge in [-0.15, -0.1) is 0 Å². The Bertz CT molecular complexity index is 1370. The summed E-state index contributed by atoms with van der Waals surface area (Å²) < 4.78 is 31.6. The molecule has 188 valence electrons. The molecule has 1 aromatic carbocycles. The summed E-state index contributed by atoms with van der Waals surface area (Å²) in [5.41, 5.74) is 9.30. The Hall–Kier alpha value is -3.91. The van der Waals surface area contributed by atoms with Gasteiger partial charge in [0, 0.05) is 25.7 Å². The molecule has 36 heavy (non-hydrogen) atoms. The number of nitrogens with one attached hydrogen (secondary N) is 2. The average molecular weight is 496 g/mol. The molecule has 1 aliphatic carbocycles. The molecular formula is C25H27F2N7O2. The number of rotatable bonds is 5. The first-order valence-electron chi connectivity index (χ1n) is 11.8. The second-order valence-electron chi connectivity index (χ2n) is 9.31. The molecule has 0 bridgehead atoms. The van der Waals surface area contributed by atoms with Gasteiger partial charge in [0.25, 0.3) is 5.91 Å². The fourth-order valence-corrected chi connectivity index (χ4v) is 5.05. The highest BCUT2D eigenvalue weighted by Gasteiger charge is 2.42. The average Bonchev–Trinajstić information content (AvgIpc) is 3.32. The van der Waals surface area contributed by atoms with E-state index in [9.17, 15) is 18.4 Å². The van der Waals surface area contributed by atoms with Gasteiger partial charge in [-0.05, 0) is 38.3 Å². The molecule has 4 N–H and O–H groups in total. The molecule has 0 radical (unpaired) electrons. The third-order valence-electron chi connectivity index (χ3n) is 6.96. The van der Waals surface area contributed by atoms with Crippen LogP contribution >= 0.6 is 0 Å². The lowest BCUT2D eigenvalue weighted by atomic mass is 10.1. The lowest BCUT2D eigenvalue weighted by Crippen LogP contribution is -2.47. The summed E-state index contributed by atoms with van der Waals surface area (Å²) in [5, 5.41) is 4.73. The van der Waals surface area contributed by atoms with Gasteiger partial charge in [0.1, 0.15) is 17.4 Å². The van der Waals surface area contributed by atoms with E-state index in [-0.39, 0.29) is 40.7 Å². The maximum Gasteiger partial charge on any atom is 0.251 e. The molecule has 2 amide bonds. The molecule has 2 fully saturated rings. The summed E-state index contributed by atoms with van der Waals surface area (Å²) in [5.74, 6) is 3.01. The number of fused-ring (bicyclic) bond motifs is 1. The van der Waals surface area contributed by atoms with Crippen molar-refractivity contribution in [2.75, 3.05) is 13.6 Å². The lowest BCUT2D eigenvalue weighted by molar-refractivity contribution is -0.126. The van der Waals surface area contributed by atoms with Crippen LogP contribution in [0, 0.1) is 23.5 Å². The number of benzene rings is 1. The van der Waals surface area contributed by atoms with Gasteiger partial charge in [0.2, 0.25) is 5.91 Å². The predicted octanol–water partition coefficient (Wildman–Crippen LogP) is 1.28. The highest BCUT2D eigenvalue weighted by molar-refractivity contribution is 5.95. The normalized spacial score (nSPS) is 23.7. The van der Waals surface area contributed by atoms with Crippen molar-refractivity contribution >= 4 is 22.8 Å². The van der Waals surface area contributed by atoms with Gasteiger partial charge in [-0.25, -0.2) is 19.2 Å². The summed E-state index contributed by atoms with van der Waals surface area (Å²) in [4.78, 5) is 30.5. The zero-order chi connectivity index (χ0) is 25.7. The second kappa shape index (κ2) is 8.95. The van der Waals surface area contributed by atoms with E-state index in [1.165, 1.54) is 18.5 Å². The molecule has 1 unspecified atom stereocenters. The fourth-order valence-electron chi connectivity index (χ4n) is 5.05. The van der Waals surface area contributed by atoms with Crippen molar-refractivity contribution < 1.29 is 18.4 Å². The van der Waals surface area contributed by atoms with Crippen LogP contribution in [-0.4, -0.2) is 63.0 Å². The largest absolute Gasteiger partial charge is 0.373 e. The van der Waals surface area contributed by atoms with Crippen LogP contribution in [0.1, 0.15) is 37.8 Å². The molecule has 3 aliphatic rings. The van der Waals surface area contributed by atoms with Crippen LogP contribution in [0.4, 0.5) is 8.78 Å². The van der Waals surface area contributed by atoms with E-state index >= 15 is 0 Å². The van der Waals surface area contributed by atoms with Gasteiger partial charge in [0.15, 0.2) is 11.6 Å². The van der Waals surface area contributed by atoms with Crippen molar-refractivity contribution in [3.63, 3.8) is 0 Å². The number of hydrogen-bond donors (Lipinski definition) is 3. The number of nitrogens with zero attached hydrogens (tertiary/aromatic N) is 4. The van der Waals surface area contributed by atoms with Crippen LogP contribution in [0.15, 0.2) is 36.4 Å². The fraction of sp³-hybridized carbons (Fsp3) is 0.400. The van der Waals surface area contributed by atoms with Gasteiger partial charge in [-0.3, -0.25) is 14.6 Å². The number of amides is 2. The summed E-state index contributed by atoms with van der Waals surface area (Å²) >= 11 is 0. The summed E-state index contributed by atoms with van der Waals surface area (Å²) in [7, 11) is 1.65. The summed E-state index contributed by atoms with van der Waals surface area (Å²) in [6, 6.07) is 0.475. The Morgan fingerprint density at radius 2 is 2.06 bits per heavy atom. The molecule has 0 spiro atoms. The number of carbonyl (C=O) groups excluding carboxylic acids is 2. The Kier molecular flexibility index (Phi) is 5.92. The number of primary amides is 1. The van der Waals surface area contributed by atoms with E-state index in [2.05, 4.69) is 34.1 Å². The molecule has 1 aromatic heterocycles. The van der Waals surface area contributed by atoms with Crippen molar-refractivity contribution in [1.29, 1.82) is 0 Å². The molecule has 3 atom stereocenters. The summed E-state index contributed by atoms with van der Waals surface area (Å²) in [6.07, 6.45) is 5.24. The van der Waals surface area contributed by atoms with Crippen molar-refractivity contribution in [3.05, 3.63) is 53.6 Å². The van der Waals surface area contributed by atoms with E-state index in [0.29, 0.717) is 24.3 Å². The molecule has 2 aromatic rings. The minimum atomic E-state index is -1.06. The summed E-state index contributed by atoms with van der Waals surface area (Å²) in [6.45, 7) is 5.89. The number of likely N-dealkylation sites (tertiary alicyclic amines) is 1. The molecule has 2 aliphatic heterocycles. The first-order valence-corrected chi connectivity index (χ1v) is 11.8. The van der Waals surface area contributed by atoms with Crippen LogP contribution in [-0.2, 0) is 9.59 Å². The Morgan fingerprint density at radius 1 is 1.31 bits per heavy atom. The standard InChI is InChI=1S/C25H27F2N7O2/c1-4-19(35)32-11-16(9-13(32)2)34-25(29-3)20(24(28)36)17(31-34)8-5-14-10-18-23(22(27)21(14)26)33(12-30-18)15-6-7-15/h4,10,12-13,15-17,29,31H,1,6-7,9,11H2,2-3H3,(H2,28,36)/t13-,16-,17?/m0/s1. The smallest absolute Gasteiger partial charge is 0.251 e. The van der Waals surface area contributed by atoms with E-state index in [1.807, 2.05) is 6.92 Å². The van der Waals surface area contributed by atoms with Crippen molar-refractivity contribution in [2.24, 2.45) is 5.73 Å². The van der Waals surface area contributed by atoms with Gasteiger partial charge in [-0.2, -0.15) is 0 Å². The zero-order valence-corrected chi connectivity index (χ0v) is 20.0. The monoisotopic (exact) mass is 495 g/mol. The van der Waals surface area contributed by atoms with E-state index in [0.717, 1.165) is 12.8 Å². The highest BCUT2D eigenvalue weighted by Crippen LogP contribution is 2.38. The Morgan fingerprint density at radius 3 is 2.69 bits per heavy atom. The van der Waals surface area contributed by atoms with Crippen molar-refractivity contribution in [1.82, 2.24) is 30.2 Å². The lowest BCUT2D eigenvalue weighted by Gasteiger charge is -2.29. The maximum atomic E-state index is 15.0. The van der Waals surface area contributed by atoms with Gasteiger partial charge < -0.3 is 20.5 Å². The van der Waals surface area contributed by atoms with Crippen molar-refractivity contribution in [3.8, 4) is 11.8 Å². The number of aromatic nitrogens is 2. The van der Waals surface area contributed by atoms with Gasteiger partial charge >= 0.3 is 0 Å². The number of imidazole rings is 1. The first kappa shape index (κ1) is 23.8. The molecule has 1 saturated carbocycles. The van der Waals surface area contributed by atoms with Crippen LogP contribution in [0.2, 0.25) is 0 Å². The number of nitrogens with two attached hydrogens (primary N) is 1. The minimum Gasteiger partial charge on any atom is -0.373 e. The number of hydrazine groups is 1. The first-order chi connectivity index (χ1) is 17.2. The van der Waals surface area contributed by atoms with Crippen molar-refractivity contribution in [2.45, 2.75) is 50.4 Å². The van der Waals surface area contributed by atoms with Crippen LogP contribution in [0.3, 0.4) is 0 Å². The molecular weight excluding hydrogens is 468 g/mol. The molecule has 3 heterocycles. The number of carbonyl (C=O) groups is 2. The van der Waals surface area contributed by atoms with Crippen LogP contribution in [0.25, 0.3) is 11.0 Å².